The Morgan fingerprint density at radius 3 is 2.00 bits per heavy atom. The van der Waals surface area contributed by atoms with Crippen molar-refractivity contribution in [2.24, 2.45) is 0 Å². The molecule has 1 nitrogen and oxygen atoms in total. The second kappa shape index (κ2) is 9.94. The van der Waals surface area contributed by atoms with Crippen LogP contribution in [0, 0.1) is 5.82 Å². The van der Waals surface area contributed by atoms with E-state index in [-0.39, 0.29) is 5.82 Å². The molecule has 0 aliphatic rings. The Hall–Kier alpha value is -0.890. The Kier molecular flexibility index (Phi) is 8.60. The molecule has 0 aliphatic carbocycles. The predicted molar refractivity (Wildman–Crippen MR) is 88.0 cm³/mol. The maximum atomic E-state index is 12.9. The van der Waals surface area contributed by atoms with E-state index in [0.717, 1.165) is 18.4 Å². The average Bonchev–Trinajstić information content (AvgIpc) is 2.44. The molecule has 1 aromatic rings. The molecule has 1 N–H and O–H groups in total. The highest BCUT2D eigenvalue weighted by atomic mass is 19.1. The summed E-state index contributed by atoms with van der Waals surface area (Å²) in [5, 5.41) is 10.4. The molecular formula is C19H31FO. The lowest BCUT2D eigenvalue weighted by Gasteiger charge is -2.23. The van der Waals surface area contributed by atoms with Gasteiger partial charge in [-0.05, 0) is 31.0 Å². The number of hydrogen-bond donors (Lipinski definition) is 1. The molecule has 0 heterocycles. The molecule has 1 aromatic carbocycles. The van der Waals surface area contributed by atoms with Crippen LogP contribution in [0.2, 0.25) is 0 Å². The fourth-order valence-corrected chi connectivity index (χ4v) is 2.77. The maximum Gasteiger partial charge on any atom is 0.123 e. The van der Waals surface area contributed by atoms with E-state index in [1.807, 2.05) is 6.92 Å². The number of hydrogen-bond acceptors (Lipinski definition) is 1. The number of halogens is 1. The van der Waals surface area contributed by atoms with Crippen LogP contribution in [0.1, 0.15) is 77.2 Å². The summed E-state index contributed by atoms with van der Waals surface area (Å²) < 4.78 is 12.9. The van der Waals surface area contributed by atoms with E-state index < -0.39 is 5.60 Å². The van der Waals surface area contributed by atoms with Crippen molar-refractivity contribution in [3.63, 3.8) is 0 Å². The highest BCUT2D eigenvalue weighted by Gasteiger charge is 2.20. The summed E-state index contributed by atoms with van der Waals surface area (Å²) in [5.41, 5.74) is 0.320. The first-order valence-corrected chi connectivity index (χ1v) is 8.50. The van der Waals surface area contributed by atoms with E-state index in [1.54, 1.807) is 12.1 Å². The molecule has 1 atom stereocenters. The Labute approximate surface area is 129 Å². The lowest BCUT2D eigenvalue weighted by atomic mass is 9.90. The summed E-state index contributed by atoms with van der Waals surface area (Å²) in [7, 11) is 0. The summed E-state index contributed by atoms with van der Waals surface area (Å²) in [6.45, 7) is 4.13. The molecule has 0 saturated carbocycles. The van der Waals surface area contributed by atoms with Crippen molar-refractivity contribution in [1.82, 2.24) is 0 Å². The number of aliphatic hydroxyl groups is 1. The van der Waals surface area contributed by atoms with Gasteiger partial charge in [-0.15, -0.1) is 0 Å². The zero-order valence-electron chi connectivity index (χ0n) is 13.7. The minimum Gasteiger partial charge on any atom is -0.390 e. The highest BCUT2D eigenvalue weighted by molar-refractivity contribution is 5.17. The number of unbranched alkanes of at least 4 members (excludes halogenated alkanes) is 7. The van der Waals surface area contributed by atoms with Crippen molar-refractivity contribution >= 4 is 0 Å². The summed E-state index contributed by atoms with van der Waals surface area (Å²) >= 11 is 0. The third-order valence-corrected chi connectivity index (χ3v) is 4.07. The van der Waals surface area contributed by atoms with Crippen LogP contribution in [0.5, 0.6) is 0 Å². The molecule has 1 rings (SSSR count). The molecule has 21 heavy (non-hydrogen) atoms. The fraction of sp³-hybridized carbons (Fsp3) is 0.684. The zero-order valence-corrected chi connectivity index (χ0v) is 13.7. The summed E-state index contributed by atoms with van der Waals surface area (Å²) in [4.78, 5) is 0. The summed E-state index contributed by atoms with van der Waals surface area (Å²) in [6, 6.07) is 6.44. The summed E-state index contributed by atoms with van der Waals surface area (Å²) in [6.07, 6.45) is 11.6. The largest absolute Gasteiger partial charge is 0.390 e. The molecule has 0 aliphatic heterocycles. The molecule has 0 bridgehead atoms. The first kappa shape index (κ1) is 18.2. The van der Waals surface area contributed by atoms with Crippen molar-refractivity contribution in [2.45, 2.75) is 83.7 Å². The van der Waals surface area contributed by atoms with Gasteiger partial charge in [0.2, 0.25) is 0 Å². The second-order valence-corrected chi connectivity index (χ2v) is 6.53. The van der Waals surface area contributed by atoms with Gasteiger partial charge in [0.1, 0.15) is 5.82 Å². The van der Waals surface area contributed by atoms with Gasteiger partial charge in [-0.3, -0.25) is 0 Å². The van der Waals surface area contributed by atoms with Gasteiger partial charge in [0.25, 0.3) is 0 Å². The maximum absolute atomic E-state index is 12.9. The van der Waals surface area contributed by atoms with E-state index in [0.29, 0.717) is 6.42 Å². The molecule has 0 saturated heterocycles. The molecular weight excluding hydrogens is 263 g/mol. The molecule has 0 spiro atoms. The second-order valence-electron chi connectivity index (χ2n) is 6.53. The topological polar surface area (TPSA) is 20.2 Å². The van der Waals surface area contributed by atoms with Gasteiger partial charge in [0.05, 0.1) is 5.60 Å². The molecule has 0 aromatic heterocycles. The van der Waals surface area contributed by atoms with Crippen LogP contribution in [0.4, 0.5) is 4.39 Å². The molecule has 0 fully saturated rings. The van der Waals surface area contributed by atoms with Gasteiger partial charge >= 0.3 is 0 Å². The van der Waals surface area contributed by atoms with Gasteiger partial charge in [-0.1, -0.05) is 70.4 Å². The number of rotatable bonds is 11. The third-order valence-electron chi connectivity index (χ3n) is 4.07. The van der Waals surface area contributed by atoms with E-state index in [4.69, 9.17) is 0 Å². The van der Waals surface area contributed by atoms with Crippen LogP contribution in [0.25, 0.3) is 0 Å². The Morgan fingerprint density at radius 2 is 1.43 bits per heavy atom. The molecule has 0 radical (unpaired) electrons. The van der Waals surface area contributed by atoms with E-state index in [2.05, 4.69) is 6.92 Å². The van der Waals surface area contributed by atoms with Gasteiger partial charge in [-0.2, -0.15) is 0 Å². The van der Waals surface area contributed by atoms with Crippen LogP contribution in [-0.2, 0) is 6.42 Å². The SMILES string of the molecule is CCCCCCCCCCC(C)(O)Cc1ccc(F)cc1. The lowest BCUT2D eigenvalue weighted by molar-refractivity contribution is 0.0484. The average molecular weight is 294 g/mol. The predicted octanol–water partition coefficient (Wildman–Crippen LogP) is 5.65. The smallest absolute Gasteiger partial charge is 0.123 e. The Balaban J connectivity index is 2.13. The molecule has 0 amide bonds. The lowest BCUT2D eigenvalue weighted by Crippen LogP contribution is -2.27. The van der Waals surface area contributed by atoms with Crippen LogP contribution in [-0.4, -0.2) is 10.7 Å². The van der Waals surface area contributed by atoms with Crippen LogP contribution in [0.15, 0.2) is 24.3 Å². The number of benzene rings is 1. The Bertz CT molecular complexity index is 370. The first-order valence-electron chi connectivity index (χ1n) is 8.50. The fourth-order valence-electron chi connectivity index (χ4n) is 2.77. The van der Waals surface area contributed by atoms with Crippen molar-refractivity contribution < 1.29 is 9.50 Å². The molecule has 1 unspecified atom stereocenters. The van der Waals surface area contributed by atoms with E-state index in [9.17, 15) is 9.50 Å². The van der Waals surface area contributed by atoms with Crippen LogP contribution < -0.4 is 0 Å². The van der Waals surface area contributed by atoms with Gasteiger partial charge in [0.15, 0.2) is 0 Å². The van der Waals surface area contributed by atoms with Crippen molar-refractivity contribution in [2.75, 3.05) is 0 Å². The van der Waals surface area contributed by atoms with E-state index in [1.165, 1.54) is 57.1 Å². The van der Waals surface area contributed by atoms with Crippen molar-refractivity contribution in [1.29, 1.82) is 0 Å². The van der Waals surface area contributed by atoms with Crippen LogP contribution >= 0.6 is 0 Å². The van der Waals surface area contributed by atoms with Gasteiger partial charge in [0, 0.05) is 6.42 Å². The minimum absolute atomic E-state index is 0.221. The molecule has 2 heteroatoms. The van der Waals surface area contributed by atoms with Crippen molar-refractivity contribution in [3.05, 3.63) is 35.6 Å². The van der Waals surface area contributed by atoms with Gasteiger partial charge in [-0.25, -0.2) is 4.39 Å². The Morgan fingerprint density at radius 1 is 0.905 bits per heavy atom. The van der Waals surface area contributed by atoms with Crippen molar-refractivity contribution in [3.8, 4) is 0 Å². The van der Waals surface area contributed by atoms with Gasteiger partial charge < -0.3 is 5.11 Å². The monoisotopic (exact) mass is 294 g/mol. The molecule has 120 valence electrons. The standard InChI is InChI=1S/C19H31FO/c1-3-4-5-6-7-8-9-10-15-19(2,21)16-17-11-13-18(20)14-12-17/h11-14,21H,3-10,15-16H2,1-2H3. The van der Waals surface area contributed by atoms with Crippen LogP contribution in [0.3, 0.4) is 0 Å². The third kappa shape index (κ3) is 8.87. The zero-order chi connectivity index (χ0) is 15.6. The normalized spacial score (nSPS) is 14.1. The summed E-state index contributed by atoms with van der Waals surface area (Å²) in [5.74, 6) is -0.221. The minimum atomic E-state index is -0.681. The van der Waals surface area contributed by atoms with E-state index >= 15 is 0 Å². The quantitative estimate of drug-likeness (QED) is 0.523. The highest BCUT2D eigenvalue weighted by Crippen LogP contribution is 2.21. The first-order chi connectivity index (χ1) is 10.0.